The Bertz CT molecular complexity index is 2110. The molecule has 16 heteroatoms. The zero-order chi connectivity index (χ0) is 28.4. The van der Waals surface area contributed by atoms with Crippen LogP contribution in [0.3, 0.4) is 0 Å². The van der Waals surface area contributed by atoms with Gasteiger partial charge in [-0.15, -0.1) is 0 Å². The fourth-order valence-corrected chi connectivity index (χ4v) is 5.96. The van der Waals surface area contributed by atoms with Crippen molar-refractivity contribution in [3.8, 4) is 6.07 Å². The highest BCUT2D eigenvalue weighted by Gasteiger charge is 2.32. The molecule has 3 N–H and O–H groups in total. The second-order valence-corrected chi connectivity index (χ2v) is 11.9. The van der Waals surface area contributed by atoms with Gasteiger partial charge in [-0.2, -0.15) is 27.2 Å². The van der Waals surface area contributed by atoms with Gasteiger partial charge in [-0.1, -0.05) is 35.3 Å². The van der Waals surface area contributed by atoms with E-state index in [4.69, 9.17) is 23.2 Å². The molecule has 198 valence electrons. The normalized spacial score (nSPS) is 15.2. The number of carbonyl (C=O) groups is 1. The molecule has 4 aromatic rings. The van der Waals surface area contributed by atoms with Crippen molar-refractivity contribution in [1.29, 1.82) is 5.26 Å². The van der Waals surface area contributed by atoms with E-state index in [1.54, 1.807) is 0 Å². The van der Waals surface area contributed by atoms with E-state index in [0.717, 1.165) is 22.8 Å². The number of rotatable bonds is 4. The zero-order valence-electron chi connectivity index (χ0n) is 19.3. The molecule has 0 aliphatic carbocycles. The molecule has 0 saturated heterocycles. The molecule has 12 nitrogen and oxygen atoms in total. The van der Waals surface area contributed by atoms with Gasteiger partial charge in [0.05, 0.1) is 26.8 Å². The summed E-state index contributed by atoms with van der Waals surface area (Å²) >= 11 is 12.2. The molecule has 0 spiro atoms. The van der Waals surface area contributed by atoms with E-state index in [1.807, 2.05) is 6.07 Å². The van der Waals surface area contributed by atoms with Crippen molar-refractivity contribution in [2.45, 2.75) is 16.7 Å². The maximum absolute atomic E-state index is 13.5. The summed E-state index contributed by atoms with van der Waals surface area (Å²) in [6, 6.07) is 10.4. The summed E-state index contributed by atoms with van der Waals surface area (Å²) in [5.41, 5.74) is 2.80. The smallest absolute Gasteiger partial charge is 0.282 e. The Labute approximate surface area is 230 Å². The van der Waals surface area contributed by atoms with Gasteiger partial charge >= 0.3 is 0 Å². The monoisotopic (exact) mass is 605 g/mol. The molecule has 0 bridgehead atoms. The first kappa shape index (κ1) is 26.8. The number of nitrogens with one attached hydrogen (secondary N) is 1. The number of hydrazone groups is 1. The molecule has 0 atom stereocenters. The summed E-state index contributed by atoms with van der Waals surface area (Å²) < 4.78 is 68.5. The minimum Gasteiger partial charge on any atom is -0.282 e. The van der Waals surface area contributed by atoms with Crippen molar-refractivity contribution in [2.75, 3.05) is 5.43 Å². The fraction of sp³-hybridized carbons (Fsp3) is 0.0435. The SMILES string of the molecule is CC1=C(C#N)c2nc3cc(Cl)c(Cl)cc3n2C(=O)/C1=N/Nc1cc(S(=O)(=O)O)c2cccc(S(=O)(=O)O)c2c1. The lowest BCUT2D eigenvalue weighted by Gasteiger charge is -2.17. The summed E-state index contributed by atoms with van der Waals surface area (Å²) in [4.78, 5) is 16.5. The first-order chi connectivity index (χ1) is 18.2. The Morgan fingerprint density at radius 1 is 1.00 bits per heavy atom. The van der Waals surface area contributed by atoms with Crippen molar-refractivity contribution in [2.24, 2.45) is 5.10 Å². The van der Waals surface area contributed by atoms with E-state index in [2.05, 4.69) is 15.5 Å². The number of fused-ring (bicyclic) bond motifs is 4. The van der Waals surface area contributed by atoms with Crippen LogP contribution in [0, 0.1) is 11.3 Å². The van der Waals surface area contributed by atoms with Crippen LogP contribution in [0.5, 0.6) is 0 Å². The van der Waals surface area contributed by atoms with E-state index in [1.165, 1.54) is 31.2 Å². The molecule has 0 saturated carbocycles. The largest absolute Gasteiger partial charge is 0.295 e. The Morgan fingerprint density at radius 2 is 1.67 bits per heavy atom. The van der Waals surface area contributed by atoms with Crippen LogP contribution < -0.4 is 5.43 Å². The van der Waals surface area contributed by atoms with E-state index < -0.39 is 35.9 Å². The number of hydrogen-bond acceptors (Lipinski definition) is 9. The molecular weight excluding hydrogens is 593 g/mol. The van der Waals surface area contributed by atoms with Crippen LogP contribution in [-0.4, -0.2) is 47.1 Å². The second kappa shape index (κ2) is 9.12. The van der Waals surface area contributed by atoms with Gasteiger partial charge < -0.3 is 0 Å². The van der Waals surface area contributed by atoms with E-state index in [9.17, 15) is 36.0 Å². The van der Waals surface area contributed by atoms with E-state index >= 15 is 0 Å². The van der Waals surface area contributed by atoms with Gasteiger partial charge in [-0.3, -0.25) is 23.9 Å². The lowest BCUT2D eigenvalue weighted by molar-refractivity contribution is 0.0992. The highest BCUT2D eigenvalue weighted by molar-refractivity contribution is 7.86. The quantitative estimate of drug-likeness (QED) is 0.221. The number of hydrogen-bond donors (Lipinski definition) is 3. The Balaban J connectivity index is 1.70. The Kier molecular flexibility index (Phi) is 6.26. The number of aromatic nitrogens is 2. The zero-order valence-corrected chi connectivity index (χ0v) is 22.5. The van der Waals surface area contributed by atoms with Crippen LogP contribution in [0.1, 0.15) is 17.5 Å². The Morgan fingerprint density at radius 3 is 2.31 bits per heavy atom. The molecule has 1 aliphatic rings. The van der Waals surface area contributed by atoms with Gasteiger partial charge in [0.15, 0.2) is 11.5 Å². The maximum atomic E-state index is 13.5. The highest BCUT2D eigenvalue weighted by Crippen LogP contribution is 2.35. The van der Waals surface area contributed by atoms with Crippen LogP contribution in [0.2, 0.25) is 10.0 Å². The van der Waals surface area contributed by atoms with E-state index in [-0.39, 0.29) is 54.7 Å². The average Bonchev–Trinajstić information content (AvgIpc) is 3.20. The van der Waals surface area contributed by atoms with Crippen molar-refractivity contribution < 1.29 is 30.7 Å². The van der Waals surface area contributed by atoms with Crippen molar-refractivity contribution >= 4 is 88.1 Å². The van der Waals surface area contributed by atoms with Gasteiger partial charge in [0.25, 0.3) is 26.1 Å². The Hall–Kier alpha value is -3.84. The molecule has 0 amide bonds. The number of anilines is 1. The minimum absolute atomic E-state index is 0.0180. The van der Waals surface area contributed by atoms with Crippen LogP contribution in [0.15, 0.2) is 62.9 Å². The van der Waals surface area contributed by atoms with Crippen LogP contribution in [-0.2, 0) is 20.2 Å². The number of benzene rings is 3. The first-order valence-electron chi connectivity index (χ1n) is 10.6. The molecule has 5 rings (SSSR count). The molecule has 39 heavy (non-hydrogen) atoms. The van der Waals surface area contributed by atoms with Gasteiger partial charge in [0, 0.05) is 16.3 Å². The topological polar surface area (TPSA) is 192 Å². The van der Waals surface area contributed by atoms with Crippen molar-refractivity contribution in [3.05, 3.63) is 63.9 Å². The number of carbonyl (C=O) groups excluding carboxylic acids is 1. The van der Waals surface area contributed by atoms with Gasteiger partial charge in [0.2, 0.25) is 0 Å². The molecule has 0 radical (unpaired) electrons. The number of nitrogens with zero attached hydrogens (tertiary/aromatic N) is 4. The molecule has 1 aliphatic heterocycles. The second-order valence-electron chi connectivity index (χ2n) is 8.29. The lowest BCUT2D eigenvalue weighted by Crippen LogP contribution is -2.30. The predicted molar refractivity (Wildman–Crippen MR) is 143 cm³/mol. The molecule has 2 heterocycles. The maximum Gasteiger partial charge on any atom is 0.295 e. The number of allylic oxidation sites excluding steroid dienone is 2. The standard InChI is InChI=1S/C23H13Cl2N5O7S2/c1-10-14(9-26)22-27-17-7-15(24)16(25)8-18(17)30(22)23(31)21(10)29-28-11-5-13-12(20(6-11)39(35,36)37)3-2-4-19(13)38(32,33)34/h2-8,28H,1H3,(H,32,33,34)(H,35,36,37)/b29-21+. The lowest BCUT2D eigenvalue weighted by atomic mass is 10.0. The van der Waals surface area contributed by atoms with Crippen LogP contribution >= 0.6 is 23.2 Å². The first-order valence-corrected chi connectivity index (χ1v) is 14.3. The van der Waals surface area contributed by atoms with Crippen LogP contribution in [0.4, 0.5) is 5.69 Å². The fourth-order valence-electron chi connectivity index (χ4n) is 4.21. The third kappa shape index (κ3) is 4.44. The number of nitriles is 1. The minimum atomic E-state index is -4.88. The predicted octanol–water partition coefficient (Wildman–Crippen LogP) is 4.41. The van der Waals surface area contributed by atoms with Crippen molar-refractivity contribution in [3.63, 3.8) is 0 Å². The number of halogens is 2. The number of imidazole rings is 1. The van der Waals surface area contributed by atoms with Crippen LogP contribution in [0.25, 0.3) is 27.4 Å². The summed E-state index contributed by atoms with van der Waals surface area (Å²) in [6.07, 6.45) is 0. The summed E-state index contributed by atoms with van der Waals surface area (Å²) in [6.45, 7) is 1.46. The third-order valence-electron chi connectivity index (χ3n) is 5.94. The third-order valence-corrected chi connectivity index (χ3v) is 8.47. The van der Waals surface area contributed by atoms with E-state index in [0.29, 0.717) is 5.52 Å². The molecular formula is C23H13Cl2N5O7S2. The summed E-state index contributed by atoms with van der Waals surface area (Å²) in [5.74, 6) is -0.659. The molecule has 3 aromatic carbocycles. The van der Waals surface area contributed by atoms with Gasteiger partial charge in [-0.05, 0) is 37.3 Å². The summed E-state index contributed by atoms with van der Waals surface area (Å²) in [5, 5.41) is 13.8. The van der Waals surface area contributed by atoms with Crippen molar-refractivity contribution in [1.82, 2.24) is 9.55 Å². The molecule has 1 aromatic heterocycles. The van der Waals surface area contributed by atoms with Gasteiger partial charge in [0.1, 0.15) is 21.4 Å². The average molecular weight is 606 g/mol. The summed E-state index contributed by atoms with van der Waals surface area (Å²) in [7, 11) is -9.67. The van der Waals surface area contributed by atoms with Gasteiger partial charge in [-0.25, -0.2) is 4.98 Å². The molecule has 0 fully saturated rings. The molecule has 0 unspecified atom stereocenters. The highest BCUT2D eigenvalue weighted by atomic mass is 35.5.